The largest absolute Gasteiger partial charge is 0.287 e. The maximum absolute atomic E-state index is 12.1. The molecule has 1 saturated heterocycles. The van der Waals surface area contributed by atoms with Crippen LogP contribution in [0.3, 0.4) is 0 Å². The molecule has 2 aromatic rings. The van der Waals surface area contributed by atoms with Gasteiger partial charge in [-0.25, -0.2) is 18.5 Å². The van der Waals surface area contributed by atoms with E-state index in [1.54, 1.807) is 0 Å². The Balaban J connectivity index is 1.92. The third-order valence-electron chi connectivity index (χ3n) is 3.69. The normalized spacial score (nSPS) is 18.7. The van der Waals surface area contributed by atoms with Crippen molar-refractivity contribution < 1.29 is 13.2 Å². The molecule has 0 saturated carbocycles. The highest BCUT2D eigenvalue weighted by molar-refractivity contribution is 9.10. The average molecular weight is 416 g/mol. The van der Waals surface area contributed by atoms with E-state index in [-0.39, 0.29) is 18.9 Å². The fourth-order valence-electron chi connectivity index (χ4n) is 2.45. The van der Waals surface area contributed by atoms with Crippen molar-refractivity contribution in [2.75, 3.05) is 11.4 Å². The lowest BCUT2D eigenvalue weighted by atomic mass is 10.1. The van der Waals surface area contributed by atoms with Crippen molar-refractivity contribution >= 4 is 48.3 Å². The predicted octanol–water partition coefficient (Wildman–Crippen LogP) is 2.27. The van der Waals surface area contributed by atoms with Crippen LogP contribution in [0.15, 0.2) is 28.7 Å². The van der Waals surface area contributed by atoms with Gasteiger partial charge in [-0.2, -0.15) is 0 Å². The van der Waals surface area contributed by atoms with Crippen molar-refractivity contribution in [3.05, 3.63) is 33.6 Å². The number of amides is 1. The fraction of sp³-hybridized carbons (Fsp3) is 0.286. The van der Waals surface area contributed by atoms with E-state index in [1.807, 2.05) is 31.2 Å². The second-order valence-electron chi connectivity index (χ2n) is 5.33. The SMILES string of the molecule is Cc1sc(N2CC(S(N)(=O)=O)CC2=O)nc1-c1ccc(Br)cc1. The van der Waals surface area contributed by atoms with E-state index >= 15 is 0 Å². The van der Waals surface area contributed by atoms with Crippen LogP contribution in [0.5, 0.6) is 0 Å². The molecule has 1 aromatic heterocycles. The molecule has 0 aliphatic carbocycles. The number of halogens is 1. The molecule has 122 valence electrons. The molecular formula is C14H14BrN3O3S2. The molecule has 1 amide bonds. The first kappa shape index (κ1) is 16.6. The third-order valence-corrected chi connectivity index (χ3v) is 6.46. The summed E-state index contributed by atoms with van der Waals surface area (Å²) in [4.78, 5) is 19.0. The summed E-state index contributed by atoms with van der Waals surface area (Å²) < 4.78 is 23.9. The molecule has 1 atom stereocenters. The van der Waals surface area contributed by atoms with E-state index in [4.69, 9.17) is 5.14 Å². The Kier molecular flexibility index (Phi) is 4.30. The van der Waals surface area contributed by atoms with Gasteiger partial charge in [-0.1, -0.05) is 28.1 Å². The summed E-state index contributed by atoms with van der Waals surface area (Å²) in [6.07, 6.45) is -0.0922. The minimum atomic E-state index is -3.73. The first-order valence-electron chi connectivity index (χ1n) is 6.81. The van der Waals surface area contributed by atoms with Crippen molar-refractivity contribution in [2.45, 2.75) is 18.6 Å². The van der Waals surface area contributed by atoms with Crippen LogP contribution in [0.4, 0.5) is 5.13 Å². The number of carbonyl (C=O) groups excluding carboxylic acids is 1. The zero-order chi connectivity index (χ0) is 16.8. The van der Waals surface area contributed by atoms with Gasteiger partial charge in [-0.3, -0.25) is 9.69 Å². The maximum Gasteiger partial charge on any atom is 0.230 e. The standard InChI is InChI=1S/C14H14BrN3O3S2/c1-8-13(9-2-4-10(15)5-3-9)17-14(22-8)18-7-11(6-12(18)19)23(16,20)21/h2-5,11H,6-7H2,1H3,(H2,16,20,21). The topological polar surface area (TPSA) is 93.4 Å². The third kappa shape index (κ3) is 3.32. The lowest BCUT2D eigenvalue weighted by Crippen LogP contribution is -2.32. The number of primary sulfonamides is 1. The highest BCUT2D eigenvalue weighted by Crippen LogP contribution is 2.35. The molecule has 23 heavy (non-hydrogen) atoms. The highest BCUT2D eigenvalue weighted by Gasteiger charge is 2.38. The lowest BCUT2D eigenvalue weighted by molar-refractivity contribution is -0.117. The molecule has 1 unspecified atom stereocenters. The van der Waals surface area contributed by atoms with Crippen LogP contribution < -0.4 is 10.0 Å². The Morgan fingerprint density at radius 3 is 2.57 bits per heavy atom. The first-order chi connectivity index (χ1) is 10.8. The summed E-state index contributed by atoms with van der Waals surface area (Å²) in [7, 11) is -3.73. The van der Waals surface area contributed by atoms with Crippen LogP contribution in [0, 0.1) is 6.92 Å². The number of benzene rings is 1. The van der Waals surface area contributed by atoms with E-state index in [9.17, 15) is 13.2 Å². The van der Waals surface area contributed by atoms with Gasteiger partial charge in [-0.15, -0.1) is 11.3 Å². The Bertz CT molecular complexity index is 862. The number of nitrogens with zero attached hydrogens (tertiary/aromatic N) is 2. The Morgan fingerprint density at radius 1 is 1.35 bits per heavy atom. The molecule has 1 fully saturated rings. The fourth-order valence-corrected chi connectivity index (χ4v) is 4.41. The number of thiazole rings is 1. The molecule has 0 radical (unpaired) electrons. The number of nitrogens with two attached hydrogens (primary N) is 1. The van der Waals surface area contributed by atoms with Gasteiger partial charge in [0.25, 0.3) is 0 Å². The van der Waals surface area contributed by atoms with Crippen molar-refractivity contribution in [3.8, 4) is 11.3 Å². The summed E-state index contributed by atoms with van der Waals surface area (Å²) >= 11 is 4.76. The van der Waals surface area contributed by atoms with E-state index in [0.29, 0.717) is 5.13 Å². The number of aromatic nitrogens is 1. The van der Waals surface area contributed by atoms with Crippen LogP contribution >= 0.6 is 27.3 Å². The van der Waals surface area contributed by atoms with E-state index < -0.39 is 15.3 Å². The van der Waals surface area contributed by atoms with Gasteiger partial charge >= 0.3 is 0 Å². The van der Waals surface area contributed by atoms with Gasteiger partial charge in [0.2, 0.25) is 15.9 Å². The average Bonchev–Trinajstić information content (AvgIpc) is 3.03. The maximum atomic E-state index is 12.1. The number of anilines is 1. The molecule has 1 aliphatic heterocycles. The lowest BCUT2D eigenvalue weighted by Gasteiger charge is -2.11. The van der Waals surface area contributed by atoms with Crippen LogP contribution in [0.2, 0.25) is 0 Å². The highest BCUT2D eigenvalue weighted by atomic mass is 79.9. The second kappa shape index (κ2) is 5.97. The number of carbonyl (C=O) groups is 1. The number of aryl methyl sites for hydroxylation is 1. The molecule has 6 nitrogen and oxygen atoms in total. The smallest absolute Gasteiger partial charge is 0.230 e. The number of sulfonamides is 1. The van der Waals surface area contributed by atoms with Crippen molar-refractivity contribution in [2.24, 2.45) is 5.14 Å². The summed E-state index contributed by atoms with van der Waals surface area (Å²) in [6.45, 7) is 1.99. The molecule has 9 heteroatoms. The molecule has 0 spiro atoms. The molecule has 3 rings (SSSR count). The van der Waals surface area contributed by atoms with Crippen molar-refractivity contribution in [1.82, 2.24) is 4.98 Å². The minimum absolute atomic E-state index is 0.0599. The van der Waals surface area contributed by atoms with Crippen LogP contribution in [-0.4, -0.2) is 31.1 Å². The van der Waals surface area contributed by atoms with E-state index in [2.05, 4.69) is 20.9 Å². The van der Waals surface area contributed by atoms with Gasteiger partial charge < -0.3 is 0 Å². The molecule has 1 aromatic carbocycles. The van der Waals surface area contributed by atoms with Crippen LogP contribution in [0.1, 0.15) is 11.3 Å². The number of rotatable bonds is 3. The van der Waals surface area contributed by atoms with Crippen LogP contribution in [-0.2, 0) is 14.8 Å². The summed E-state index contributed by atoms with van der Waals surface area (Å²) in [5, 5.41) is 4.80. The van der Waals surface area contributed by atoms with Gasteiger partial charge in [0.15, 0.2) is 5.13 Å². The van der Waals surface area contributed by atoms with Crippen LogP contribution in [0.25, 0.3) is 11.3 Å². The van der Waals surface area contributed by atoms with Gasteiger partial charge in [0.1, 0.15) is 5.25 Å². The van der Waals surface area contributed by atoms with Crippen molar-refractivity contribution in [3.63, 3.8) is 0 Å². The number of hydrogen-bond donors (Lipinski definition) is 1. The second-order valence-corrected chi connectivity index (χ2v) is 9.27. The van der Waals surface area contributed by atoms with Gasteiger partial charge in [0.05, 0.1) is 5.69 Å². The zero-order valence-corrected chi connectivity index (χ0v) is 15.4. The number of hydrogen-bond acceptors (Lipinski definition) is 5. The van der Waals surface area contributed by atoms with Gasteiger partial charge in [0, 0.05) is 27.9 Å². The summed E-state index contributed by atoms with van der Waals surface area (Å²) in [5.41, 5.74) is 1.74. The Labute approximate surface area is 146 Å². The molecule has 0 bridgehead atoms. The molecule has 2 heterocycles. The van der Waals surface area contributed by atoms with Crippen molar-refractivity contribution in [1.29, 1.82) is 0 Å². The quantitative estimate of drug-likeness (QED) is 0.831. The monoisotopic (exact) mass is 415 g/mol. The predicted molar refractivity (Wildman–Crippen MR) is 93.9 cm³/mol. The minimum Gasteiger partial charge on any atom is -0.287 e. The molecular weight excluding hydrogens is 402 g/mol. The molecule has 2 N–H and O–H groups in total. The zero-order valence-electron chi connectivity index (χ0n) is 12.2. The summed E-state index contributed by atoms with van der Waals surface area (Å²) in [6, 6.07) is 7.72. The molecule has 1 aliphatic rings. The Hall–Kier alpha value is -1.29. The summed E-state index contributed by atoms with van der Waals surface area (Å²) in [5.74, 6) is -0.264. The van der Waals surface area contributed by atoms with E-state index in [1.165, 1.54) is 16.2 Å². The first-order valence-corrected chi connectivity index (χ1v) is 10.0. The van der Waals surface area contributed by atoms with E-state index in [0.717, 1.165) is 20.6 Å². The Morgan fingerprint density at radius 2 is 2.00 bits per heavy atom. The van der Waals surface area contributed by atoms with Gasteiger partial charge in [-0.05, 0) is 19.1 Å².